The van der Waals surface area contributed by atoms with E-state index in [0.29, 0.717) is 11.6 Å². The zero-order valence-electron chi connectivity index (χ0n) is 13.8. The lowest BCUT2D eigenvalue weighted by Gasteiger charge is -2.19. The van der Waals surface area contributed by atoms with Gasteiger partial charge in [-0.05, 0) is 42.5 Å². The van der Waals surface area contributed by atoms with Gasteiger partial charge in [-0.15, -0.1) is 0 Å². The van der Waals surface area contributed by atoms with Crippen molar-refractivity contribution in [2.24, 2.45) is 4.99 Å². The van der Waals surface area contributed by atoms with Gasteiger partial charge in [0.25, 0.3) is 0 Å². The number of hydrogen-bond acceptors (Lipinski definition) is 3. The number of anilines is 2. The number of aliphatic imine (C=N–C) groups is 1. The third-order valence-corrected chi connectivity index (χ3v) is 4.49. The molecule has 4 rings (SSSR count). The monoisotopic (exact) mass is 348 g/mol. The van der Waals surface area contributed by atoms with Crippen molar-refractivity contribution in [1.29, 1.82) is 0 Å². The van der Waals surface area contributed by atoms with Crippen molar-refractivity contribution in [3.8, 4) is 5.75 Å². The van der Waals surface area contributed by atoms with E-state index >= 15 is 0 Å². The number of halogens is 1. The molecule has 0 radical (unpaired) electrons. The Morgan fingerprint density at radius 3 is 2.56 bits per heavy atom. The molecule has 0 bridgehead atoms. The standard InChI is InChI=1S/C21H17ClN2O/c1-25-18-10-11-19-20(23-16-7-5-6-15(22)12-16)14-24(21(19)13-18)17-8-3-2-4-9-17/h2-13H,14H2,1H3. The van der Waals surface area contributed by atoms with Crippen LogP contribution >= 0.6 is 11.6 Å². The van der Waals surface area contributed by atoms with Gasteiger partial charge in [0.15, 0.2) is 0 Å². The molecule has 1 aliphatic rings. The van der Waals surface area contributed by atoms with Crippen LogP contribution < -0.4 is 9.64 Å². The van der Waals surface area contributed by atoms with Gasteiger partial charge < -0.3 is 9.64 Å². The van der Waals surface area contributed by atoms with Crippen molar-refractivity contribution in [2.45, 2.75) is 0 Å². The number of fused-ring (bicyclic) bond motifs is 1. The summed E-state index contributed by atoms with van der Waals surface area (Å²) in [6.07, 6.45) is 0. The molecule has 0 aliphatic carbocycles. The van der Waals surface area contributed by atoms with E-state index < -0.39 is 0 Å². The summed E-state index contributed by atoms with van der Waals surface area (Å²) in [5, 5.41) is 0.690. The minimum atomic E-state index is 0.690. The Morgan fingerprint density at radius 1 is 0.960 bits per heavy atom. The minimum absolute atomic E-state index is 0.690. The zero-order chi connectivity index (χ0) is 17.2. The lowest BCUT2D eigenvalue weighted by molar-refractivity contribution is 0.415. The van der Waals surface area contributed by atoms with Gasteiger partial charge in [0.2, 0.25) is 0 Å². The maximum Gasteiger partial charge on any atom is 0.120 e. The van der Waals surface area contributed by atoms with Crippen molar-refractivity contribution in [3.05, 3.63) is 83.4 Å². The molecule has 124 valence electrons. The summed E-state index contributed by atoms with van der Waals surface area (Å²) in [7, 11) is 1.69. The average Bonchev–Trinajstić information content (AvgIpc) is 3.00. The number of para-hydroxylation sites is 1. The number of benzene rings is 3. The summed E-state index contributed by atoms with van der Waals surface area (Å²) in [6.45, 7) is 0.707. The summed E-state index contributed by atoms with van der Waals surface area (Å²) in [4.78, 5) is 7.09. The highest BCUT2D eigenvalue weighted by Gasteiger charge is 2.26. The Bertz CT molecular complexity index is 938. The van der Waals surface area contributed by atoms with E-state index in [-0.39, 0.29) is 0 Å². The molecule has 3 aromatic carbocycles. The van der Waals surface area contributed by atoms with Gasteiger partial charge in [-0.25, -0.2) is 0 Å². The Kier molecular flexibility index (Phi) is 4.16. The van der Waals surface area contributed by atoms with Crippen LogP contribution in [0.5, 0.6) is 5.75 Å². The Hall–Kier alpha value is -2.78. The topological polar surface area (TPSA) is 24.8 Å². The third-order valence-electron chi connectivity index (χ3n) is 4.25. The van der Waals surface area contributed by atoms with E-state index in [1.165, 1.54) is 0 Å². The molecule has 1 aliphatic heterocycles. The largest absolute Gasteiger partial charge is 0.497 e. The second-order valence-corrected chi connectivity index (χ2v) is 6.28. The molecular formula is C21H17ClN2O. The highest BCUT2D eigenvalue weighted by molar-refractivity contribution is 6.30. The maximum atomic E-state index is 6.10. The second kappa shape index (κ2) is 6.61. The van der Waals surface area contributed by atoms with E-state index in [1.54, 1.807) is 7.11 Å². The molecule has 0 atom stereocenters. The van der Waals surface area contributed by atoms with Crippen molar-refractivity contribution >= 4 is 34.4 Å². The molecule has 0 N–H and O–H groups in total. The number of methoxy groups -OCH3 is 1. The van der Waals surface area contributed by atoms with E-state index in [2.05, 4.69) is 29.2 Å². The molecule has 25 heavy (non-hydrogen) atoms. The Balaban J connectivity index is 1.82. The van der Waals surface area contributed by atoms with Crippen molar-refractivity contribution < 1.29 is 4.74 Å². The molecule has 0 aromatic heterocycles. The summed E-state index contributed by atoms with van der Waals surface area (Å²) in [5.41, 5.74) is 5.23. The molecule has 4 heteroatoms. The molecule has 0 unspecified atom stereocenters. The summed E-state index contributed by atoms with van der Waals surface area (Å²) >= 11 is 6.10. The highest BCUT2D eigenvalue weighted by Crippen LogP contribution is 2.38. The first-order valence-electron chi connectivity index (χ1n) is 8.09. The van der Waals surface area contributed by atoms with Crippen LogP contribution in [0.2, 0.25) is 5.02 Å². The van der Waals surface area contributed by atoms with E-state index in [4.69, 9.17) is 21.3 Å². The molecule has 1 heterocycles. The molecule has 0 spiro atoms. The fourth-order valence-corrected chi connectivity index (χ4v) is 3.25. The molecule has 0 saturated carbocycles. The number of rotatable bonds is 3. The Morgan fingerprint density at radius 2 is 1.80 bits per heavy atom. The van der Waals surface area contributed by atoms with Crippen LogP contribution in [0.1, 0.15) is 5.56 Å². The quantitative estimate of drug-likeness (QED) is 0.613. The fraction of sp³-hybridized carbons (Fsp3) is 0.0952. The summed E-state index contributed by atoms with van der Waals surface area (Å²) in [6, 6.07) is 24.0. The lowest BCUT2D eigenvalue weighted by atomic mass is 10.1. The molecule has 0 amide bonds. The smallest absolute Gasteiger partial charge is 0.120 e. The summed E-state index contributed by atoms with van der Waals surface area (Å²) in [5.74, 6) is 0.837. The van der Waals surface area contributed by atoms with Crippen LogP contribution in [0.15, 0.2) is 77.8 Å². The Labute approximate surface area is 152 Å². The van der Waals surface area contributed by atoms with Crippen LogP contribution in [0.3, 0.4) is 0 Å². The second-order valence-electron chi connectivity index (χ2n) is 5.84. The predicted molar refractivity (Wildman–Crippen MR) is 104 cm³/mol. The van der Waals surface area contributed by atoms with Gasteiger partial charge in [-0.2, -0.15) is 0 Å². The average molecular weight is 349 g/mol. The van der Waals surface area contributed by atoms with Crippen LogP contribution in [0, 0.1) is 0 Å². The van der Waals surface area contributed by atoms with Crippen LogP contribution in [-0.4, -0.2) is 19.4 Å². The van der Waals surface area contributed by atoms with Gasteiger partial charge in [0.05, 0.1) is 30.7 Å². The number of nitrogens with zero attached hydrogens (tertiary/aromatic N) is 2. The highest BCUT2D eigenvalue weighted by atomic mass is 35.5. The van der Waals surface area contributed by atoms with Crippen molar-refractivity contribution in [3.63, 3.8) is 0 Å². The van der Waals surface area contributed by atoms with Gasteiger partial charge in [0, 0.05) is 22.3 Å². The first-order valence-corrected chi connectivity index (χ1v) is 8.46. The lowest BCUT2D eigenvalue weighted by Crippen LogP contribution is -2.16. The van der Waals surface area contributed by atoms with E-state index in [1.807, 2.05) is 48.5 Å². The molecule has 0 saturated heterocycles. The van der Waals surface area contributed by atoms with Crippen molar-refractivity contribution in [2.75, 3.05) is 18.6 Å². The third kappa shape index (κ3) is 3.11. The number of hydrogen-bond donors (Lipinski definition) is 0. The molecular weight excluding hydrogens is 332 g/mol. The molecule has 3 aromatic rings. The van der Waals surface area contributed by atoms with Crippen molar-refractivity contribution in [1.82, 2.24) is 0 Å². The van der Waals surface area contributed by atoms with Crippen LogP contribution in [0.4, 0.5) is 17.1 Å². The van der Waals surface area contributed by atoms with E-state index in [9.17, 15) is 0 Å². The molecule has 3 nitrogen and oxygen atoms in total. The van der Waals surface area contributed by atoms with E-state index in [0.717, 1.165) is 34.1 Å². The first kappa shape index (κ1) is 15.7. The predicted octanol–water partition coefficient (Wildman–Crippen LogP) is 5.62. The number of ether oxygens (including phenoxy) is 1. The zero-order valence-corrected chi connectivity index (χ0v) is 14.6. The van der Waals surface area contributed by atoms with Gasteiger partial charge >= 0.3 is 0 Å². The minimum Gasteiger partial charge on any atom is -0.497 e. The SMILES string of the molecule is COc1ccc2c(c1)N(c1ccccc1)CC2=Nc1cccc(Cl)c1. The van der Waals surface area contributed by atoms with Gasteiger partial charge in [-0.3, -0.25) is 4.99 Å². The maximum absolute atomic E-state index is 6.10. The van der Waals surface area contributed by atoms with Crippen LogP contribution in [0.25, 0.3) is 0 Å². The fourth-order valence-electron chi connectivity index (χ4n) is 3.06. The summed E-state index contributed by atoms with van der Waals surface area (Å²) < 4.78 is 5.41. The first-order chi connectivity index (χ1) is 12.2. The van der Waals surface area contributed by atoms with Crippen LogP contribution in [-0.2, 0) is 0 Å². The van der Waals surface area contributed by atoms with Gasteiger partial charge in [-0.1, -0.05) is 35.9 Å². The van der Waals surface area contributed by atoms with Gasteiger partial charge in [0.1, 0.15) is 5.75 Å². The molecule has 0 fully saturated rings. The normalized spacial score (nSPS) is 14.6.